The van der Waals surface area contributed by atoms with Crippen LogP contribution in [0.4, 0.5) is 10.5 Å². The molecule has 1 aromatic rings. The predicted molar refractivity (Wildman–Crippen MR) is 66.0 cm³/mol. The van der Waals surface area contributed by atoms with Gasteiger partial charge in [0.1, 0.15) is 0 Å². The number of amides is 2. The molecule has 1 saturated carbocycles. The number of nitrogens with one attached hydrogen (secondary N) is 2. The van der Waals surface area contributed by atoms with Crippen LogP contribution in [0, 0.1) is 6.92 Å². The van der Waals surface area contributed by atoms with E-state index < -0.39 is 0 Å². The highest BCUT2D eigenvalue weighted by Crippen LogP contribution is 2.23. The van der Waals surface area contributed by atoms with Gasteiger partial charge < -0.3 is 10.6 Å². The first-order valence-corrected chi connectivity index (χ1v) is 5.86. The fourth-order valence-corrected chi connectivity index (χ4v) is 1.80. The third kappa shape index (κ3) is 2.67. The minimum absolute atomic E-state index is 0.169. The van der Waals surface area contributed by atoms with Gasteiger partial charge in [0, 0.05) is 6.04 Å². The minimum atomic E-state index is -0.169. The molecule has 3 nitrogen and oxygen atoms in total. The molecule has 0 unspecified atom stereocenters. The third-order valence-corrected chi connectivity index (χ3v) is 3.14. The van der Waals surface area contributed by atoms with E-state index >= 15 is 0 Å². The highest BCUT2D eigenvalue weighted by molar-refractivity contribution is 6.33. The second-order valence-electron chi connectivity index (χ2n) is 4.21. The number of anilines is 1. The lowest BCUT2D eigenvalue weighted by atomic mass is 9.93. The average molecular weight is 239 g/mol. The molecule has 2 amide bonds. The maximum Gasteiger partial charge on any atom is 0.319 e. The number of urea groups is 1. The fraction of sp³-hybridized carbons (Fsp3) is 0.417. The van der Waals surface area contributed by atoms with Crippen LogP contribution in [-0.2, 0) is 0 Å². The van der Waals surface area contributed by atoms with E-state index in [4.69, 9.17) is 11.6 Å². The lowest BCUT2D eigenvalue weighted by molar-refractivity contribution is 0.240. The molecule has 1 fully saturated rings. The zero-order valence-corrected chi connectivity index (χ0v) is 9.97. The van der Waals surface area contributed by atoms with Crippen LogP contribution in [0.15, 0.2) is 18.2 Å². The summed E-state index contributed by atoms with van der Waals surface area (Å²) in [5.41, 5.74) is 1.74. The molecular weight excluding hydrogens is 224 g/mol. The molecule has 86 valence electrons. The van der Waals surface area contributed by atoms with Gasteiger partial charge in [-0.3, -0.25) is 0 Å². The highest BCUT2D eigenvalue weighted by atomic mass is 35.5. The van der Waals surface area contributed by atoms with Gasteiger partial charge in [0.15, 0.2) is 0 Å². The van der Waals surface area contributed by atoms with Gasteiger partial charge in [0.2, 0.25) is 0 Å². The number of carbonyl (C=O) groups is 1. The summed E-state index contributed by atoms with van der Waals surface area (Å²) in [6.45, 7) is 1.96. The SMILES string of the molecule is Cc1ccc(Cl)c(NC(=O)NC2CCC2)c1. The Bertz CT molecular complexity index is 402. The summed E-state index contributed by atoms with van der Waals surface area (Å²) >= 11 is 5.98. The summed E-state index contributed by atoms with van der Waals surface area (Å²) < 4.78 is 0. The first-order valence-electron chi connectivity index (χ1n) is 5.49. The van der Waals surface area contributed by atoms with Crippen LogP contribution in [0.5, 0.6) is 0 Å². The molecule has 16 heavy (non-hydrogen) atoms. The molecule has 0 spiro atoms. The first-order chi connectivity index (χ1) is 7.65. The Kier molecular flexibility index (Phi) is 3.34. The minimum Gasteiger partial charge on any atom is -0.335 e. The first kappa shape index (κ1) is 11.3. The quantitative estimate of drug-likeness (QED) is 0.815. The lowest BCUT2D eigenvalue weighted by Crippen LogP contribution is -2.41. The van der Waals surface area contributed by atoms with Crippen molar-refractivity contribution in [3.8, 4) is 0 Å². The van der Waals surface area contributed by atoms with E-state index in [0.717, 1.165) is 18.4 Å². The summed E-state index contributed by atoms with van der Waals surface area (Å²) in [5, 5.41) is 6.24. The zero-order chi connectivity index (χ0) is 11.5. The predicted octanol–water partition coefficient (Wildman–Crippen LogP) is 3.32. The Morgan fingerprint density at radius 1 is 1.44 bits per heavy atom. The van der Waals surface area contributed by atoms with Crippen LogP contribution in [0.2, 0.25) is 5.02 Å². The van der Waals surface area contributed by atoms with Crippen molar-refractivity contribution in [2.24, 2.45) is 0 Å². The maximum atomic E-state index is 11.6. The van der Waals surface area contributed by atoms with Crippen molar-refractivity contribution in [1.29, 1.82) is 0 Å². The molecule has 0 atom stereocenters. The number of benzene rings is 1. The Labute approximate surface area is 100 Å². The lowest BCUT2D eigenvalue weighted by Gasteiger charge is -2.26. The van der Waals surface area contributed by atoms with Crippen molar-refractivity contribution in [2.45, 2.75) is 32.2 Å². The number of hydrogen-bond acceptors (Lipinski definition) is 1. The molecule has 2 N–H and O–H groups in total. The third-order valence-electron chi connectivity index (χ3n) is 2.81. The van der Waals surface area contributed by atoms with Gasteiger partial charge >= 0.3 is 6.03 Å². The number of aryl methyl sites for hydroxylation is 1. The molecule has 1 aromatic carbocycles. The molecule has 0 bridgehead atoms. The maximum absolute atomic E-state index is 11.6. The van der Waals surface area contributed by atoms with E-state index in [2.05, 4.69) is 10.6 Å². The Morgan fingerprint density at radius 2 is 2.19 bits per heavy atom. The topological polar surface area (TPSA) is 41.1 Å². The smallest absolute Gasteiger partial charge is 0.319 e. The highest BCUT2D eigenvalue weighted by Gasteiger charge is 2.19. The number of carbonyl (C=O) groups excluding carboxylic acids is 1. The van der Waals surface area contributed by atoms with E-state index in [9.17, 15) is 4.79 Å². The fourth-order valence-electron chi connectivity index (χ4n) is 1.63. The van der Waals surface area contributed by atoms with Gasteiger partial charge in [-0.05, 0) is 43.9 Å². The number of rotatable bonds is 2. The van der Waals surface area contributed by atoms with E-state index in [1.54, 1.807) is 6.07 Å². The van der Waals surface area contributed by atoms with Crippen LogP contribution in [0.3, 0.4) is 0 Å². The van der Waals surface area contributed by atoms with Crippen LogP contribution >= 0.6 is 11.6 Å². The van der Waals surface area contributed by atoms with Crippen LogP contribution in [0.1, 0.15) is 24.8 Å². The molecule has 0 heterocycles. The largest absolute Gasteiger partial charge is 0.335 e. The number of hydrogen-bond donors (Lipinski definition) is 2. The molecule has 0 radical (unpaired) electrons. The monoisotopic (exact) mass is 238 g/mol. The molecule has 1 aliphatic rings. The van der Waals surface area contributed by atoms with Crippen molar-refractivity contribution in [3.63, 3.8) is 0 Å². The van der Waals surface area contributed by atoms with Gasteiger partial charge in [-0.2, -0.15) is 0 Å². The van der Waals surface area contributed by atoms with Crippen molar-refractivity contribution in [3.05, 3.63) is 28.8 Å². The van der Waals surface area contributed by atoms with E-state index in [-0.39, 0.29) is 6.03 Å². The van der Waals surface area contributed by atoms with Gasteiger partial charge in [-0.25, -0.2) is 4.79 Å². The van der Waals surface area contributed by atoms with E-state index in [1.807, 2.05) is 19.1 Å². The summed E-state index contributed by atoms with van der Waals surface area (Å²) in [7, 11) is 0. The second-order valence-corrected chi connectivity index (χ2v) is 4.62. The average Bonchev–Trinajstić information content (AvgIpc) is 2.18. The van der Waals surface area contributed by atoms with E-state index in [0.29, 0.717) is 16.8 Å². The molecular formula is C12H15ClN2O. The van der Waals surface area contributed by atoms with Crippen molar-refractivity contribution in [1.82, 2.24) is 5.32 Å². The zero-order valence-electron chi connectivity index (χ0n) is 9.22. The van der Waals surface area contributed by atoms with Crippen LogP contribution in [-0.4, -0.2) is 12.1 Å². The summed E-state index contributed by atoms with van der Waals surface area (Å²) in [5.74, 6) is 0. The normalized spacial score (nSPS) is 15.4. The Hall–Kier alpha value is -1.22. The van der Waals surface area contributed by atoms with Crippen molar-refractivity contribution >= 4 is 23.3 Å². The second kappa shape index (κ2) is 4.74. The van der Waals surface area contributed by atoms with Gasteiger partial charge in [0.05, 0.1) is 10.7 Å². The van der Waals surface area contributed by atoms with Crippen LogP contribution in [0.25, 0.3) is 0 Å². The molecule has 4 heteroatoms. The molecule has 1 aliphatic carbocycles. The summed E-state index contributed by atoms with van der Waals surface area (Å²) in [6, 6.07) is 5.73. The van der Waals surface area contributed by atoms with Gasteiger partial charge in [0.25, 0.3) is 0 Å². The molecule has 2 rings (SSSR count). The van der Waals surface area contributed by atoms with Crippen molar-refractivity contribution < 1.29 is 4.79 Å². The summed E-state index contributed by atoms with van der Waals surface area (Å²) in [4.78, 5) is 11.6. The number of halogens is 1. The van der Waals surface area contributed by atoms with Crippen molar-refractivity contribution in [2.75, 3.05) is 5.32 Å². The molecule has 0 saturated heterocycles. The standard InChI is InChI=1S/C12H15ClN2O/c1-8-5-6-10(13)11(7-8)15-12(16)14-9-3-2-4-9/h5-7,9H,2-4H2,1H3,(H2,14,15,16). The Balaban J connectivity index is 1.96. The Morgan fingerprint density at radius 3 is 2.81 bits per heavy atom. The molecule has 0 aliphatic heterocycles. The van der Waals surface area contributed by atoms with Gasteiger partial charge in [-0.15, -0.1) is 0 Å². The van der Waals surface area contributed by atoms with Crippen LogP contribution < -0.4 is 10.6 Å². The summed E-state index contributed by atoms with van der Waals surface area (Å²) in [6.07, 6.45) is 3.36. The van der Waals surface area contributed by atoms with Gasteiger partial charge in [-0.1, -0.05) is 17.7 Å². The van der Waals surface area contributed by atoms with E-state index in [1.165, 1.54) is 6.42 Å². The molecule has 0 aromatic heterocycles.